The van der Waals surface area contributed by atoms with Crippen molar-refractivity contribution in [1.29, 1.82) is 0 Å². The van der Waals surface area contributed by atoms with Crippen molar-refractivity contribution in [2.24, 2.45) is 7.05 Å². The number of methoxy groups -OCH3 is 1. The van der Waals surface area contributed by atoms with Gasteiger partial charge in [-0.05, 0) is 35.4 Å². The van der Waals surface area contributed by atoms with Crippen molar-refractivity contribution in [2.75, 3.05) is 12.4 Å². The van der Waals surface area contributed by atoms with E-state index in [-0.39, 0.29) is 0 Å². The highest BCUT2D eigenvalue weighted by molar-refractivity contribution is 6.30. The van der Waals surface area contributed by atoms with Crippen LogP contribution in [0.5, 0.6) is 11.5 Å². The monoisotopic (exact) mass is 433 g/mol. The van der Waals surface area contributed by atoms with E-state index in [9.17, 15) is 0 Å². The Labute approximate surface area is 187 Å². The Balaban J connectivity index is 1.46. The van der Waals surface area contributed by atoms with Crippen molar-refractivity contribution in [1.82, 2.24) is 9.55 Å². The van der Waals surface area contributed by atoms with Crippen LogP contribution in [-0.4, -0.2) is 16.7 Å². The Morgan fingerprint density at radius 1 is 0.935 bits per heavy atom. The number of benzene rings is 3. The van der Waals surface area contributed by atoms with E-state index in [1.54, 1.807) is 7.11 Å². The Hall–Kier alpha value is -3.44. The van der Waals surface area contributed by atoms with Gasteiger partial charge >= 0.3 is 0 Å². The van der Waals surface area contributed by atoms with Gasteiger partial charge in [-0.3, -0.25) is 0 Å². The molecule has 0 bridgehead atoms. The van der Waals surface area contributed by atoms with Crippen LogP contribution in [0.1, 0.15) is 11.1 Å². The molecule has 1 N–H and O–H groups in total. The number of aromatic nitrogens is 2. The van der Waals surface area contributed by atoms with Crippen LogP contribution in [0.2, 0.25) is 5.02 Å². The van der Waals surface area contributed by atoms with Gasteiger partial charge in [0.15, 0.2) is 11.5 Å². The number of rotatable bonds is 8. The molecule has 3 aromatic carbocycles. The van der Waals surface area contributed by atoms with Crippen LogP contribution < -0.4 is 14.8 Å². The van der Waals surface area contributed by atoms with E-state index >= 15 is 0 Å². The highest BCUT2D eigenvalue weighted by Crippen LogP contribution is 2.30. The van der Waals surface area contributed by atoms with Crippen LogP contribution >= 0.6 is 11.6 Å². The molecule has 0 saturated heterocycles. The van der Waals surface area contributed by atoms with Crippen molar-refractivity contribution >= 4 is 17.5 Å². The maximum Gasteiger partial charge on any atom is 0.203 e. The maximum atomic E-state index is 6.13. The molecule has 1 heterocycles. The molecule has 0 atom stereocenters. The summed E-state index contributed by atoms with van der Waals surface area (Å²) in [4.78, 5) is 4.52. The van der Waals surface area contributed by atoms with E-state index < -0.39 is 0 Å². The first kappa shape index (κ1) is 20.8. The van der Waals surface area contributed by atoms with E-state index in [0.717, 1.165) is 28.3 Å². The molecule has 0 radical (unpaired) electrons. The molecule has 158 valence electrons. The first-order chi connectivity index (χ1) is 15.1. The van der Waals surface area contributed by atoms with E-state index in [0.29, 0.717) is 29.7 Å². The third-order valence-electron chi connectivity index (χ3n) is 5.02. The Morgan fingerprint density at radius 2 is 1.77 bits per heavy atom. The highest BCUT2D eigenvalue weighted by Gasteiger charge is 2.10. The van der Waals surface area contributed by atoms with Gasteiger partial charge in [-0.15, -0.1) is 0 Å². The average Bonchev–Trinajstić information content (AvgIpc) is 3.17. The minimum Gasteiger partial charge on any atom is -0.493 e. The standard InChI is InChI=1S/C25H24ClN3O2/c1-29-22(20-9-6-10-21(26)14-20)16-28-25(29)27-15-19-11-12-23(30-2)24(13-19)31-17-18-7-4-3-5-8-18/h3-14,16H,15,17H2,1-2H3,(H,27,28). The minimum absolute atomic E-state index is 0.483. The summed E-state index contributed by atoms with van der Waals surface area (Å²) in [5.41, 5.74) is 4.19. The summed E-state index contributed by atoms with van der Waals surface area (Å²) in [5.74, 6) is 2.20. The smallest absolute Gasteiger partial charge is 0.203 e. The molecule has 0 amide bonds. The van der Waals surface area contributed by atoms with Crippen molar-refractivity contribution in [2.45, 2.75) is 13.2 Å². The van der Waals surface area contributed by atoms with E-state index in [2.05, 4.69) is 10.3 Å². The molecule has 0 aliphatic heterocycles. The number of nitrogens with zero attached hydrogens (tertiary/aromatic N) is 2. The van der Waals surface area contributed by atoms with E-state index in [4.69, 9.17) is 21.1 Å². The third kappa shape index (κ3) is 5.01. The zero-order valence-corrected chi connectivity index (χ0v) is 18.3. The molecule has 4 aromatic rings. The first-order valence-electron chi connectivity index (χ1n) is 9.99. The van der Waals surface area contributed by atoms with Gasteiger partial charge < -0.3 is 19.4 Å². The first-order valence-corrected chi connectivity index (χ1v) is 10.4. The SMILES string of the molecule is COc1ccc(CNc2ncc(-c3cccc(Cl)c3)n2C)cc1OCc1ccccc1. The lowest BCUT2D eigenvalue weighted by atomic mass is 10.2. The maximum absolute atomic E-state index is 6.13. The highest BCUT2D eigenvalue weighted by atomic mass is 35.5. The molecule has 1 aromatic heterocycles. The van der Waals surface area contributed by atoms with Gasteiger partial charge in [-0.2, -0.15) is 0 Å². The predicted molar refractivity (Wildman–Crippen MR) is 125 cm³/mol. The second-order valence-corrected chi connectivity index (χ2v) is 7.59. The van der Waals surface area contributed by atoms with Gasteiger partial charge in [0.25, 0.3) is 0 Å². The summed E-state index contributed by atoms with van der Waals surface area (Å²) >= 11 is 6.13. The summed E-state index contributed by atoms with van der Waals surface area (Å²) in [6.45, 7) is 1.09. The van der Waals surface area contributed by atoms with Gasteiger partial charge in [0.1, 0.15) is 6.61 Å². The van der Waals surface area contributed by atoms with Crippen molar-refractivity contribution < 1.29 is 9.47 Å². The lowest BCUT2D eigenvalue weighted by Gasteiger charge is -2.13. The summed E-state index contributed by atoms with van der Waals surface area (Å²) in [7, 11) is 3.63. The number of ether oxygens (including phenoxy) is 2. The lowest BCUT2D eigenvalue weighted by Crippen LogP contribution is -2.06. The molecule has 4 rings (SSSR count). The fourth-order valence-electron chi connectivity index (χ4n) is 3.35. The molecule has 0 fully saturated rings. The van der Waals surface area contributed by atoms with Gasteiger partial charge in [0, 0.05) is 24.2 Å². The van der Waals surface area contributed by atoms with Crippen molar-refractivity contribution in [3.05, 3.63) is 95.1 Å². The number of hydrogen-bond donors (Lipinski definition) is 1. The molecule has 5 nitrogen and oxygen atoms in total. The molecule has 0 aliphatic carbocycles. The number of hydrogen-bond acceptors (Lipinski definition) is 4. The van der Waals surface area contributed by atoms with Crippen molar-refractivity contribution in [3.63, 3.8) is 0 Å². The fraction of sp³-hybridized carbons (Fsp3) is 0.160. The Morgan fingerprint density at radius 3 is 2.55 bits per heavy atom. The van der Waals surface area contributed by atoms with Crippen LogP contribution in [-0.2, 0) is 20.2 Å². The summed E-state index contributed by atoms with van der Waals surface area (Å²) < 4.78 is 13.5. The quantitative estimate of drug-likeness (QED) is 0.373. The van der Waals surface area contributed by atoms with Gasteiger partial charge in [0.05, 0.1) is 19.0 Å². The molecule has 0 saturated carbocycles. The van der Waals surface area contributed by atoms with Gasteiger partial charge in [-0.1, -0.05) is 60.1 Å². The fourth-order valence-corrected chi connectivity index (χ4v) is 3.54. The number of halogens is 1. The van der Waals surface area contributed by atoms with Crippen LogP contribution in [0, 0.1) is 0 Å². The number of nitrogens with one attached hydrogen (secondary N) is 1. The van der Waals surface area contributed by atoms with Gasteiger partial charge in [-0.25, -0.2) is 4.98 Å². The normalized spacial score (nSPS) is 10.7. The largest absolute Gasteiger partial charge is 0.493 e. The predicted octanol–water partition coefficient (Wildman–Crippen LogP) is 5.94. The molecule has 6 heteroatoms. The topological polar surface area (TPSA) is 48.3 Å². The molecule has 0 aliphatic rings. The number of anilines is 1. The zero-order chi connectivity index (χ0) is 21.6. The van der Waals surface area contributed by atoms with Crippen LogP contribution in [0.25, 0.3) is 11.3 Å². The molecule has 0 unspecified atom stereocenters. The summed E-state index contributed by atoms with van der Waals surface area (Å²) in [6.07, 6.45) is 1.84. The zero-order valence-electron chi connectivity index (χ0n) is 17.5. The summed E-state index contributed by atoms with van der Waals surface area (Å²) in [6, 6.07) is 23.8. The second-order valence-electron chi connectivity index (χ2n) is 7.15. The third-order valence-corrected chi connectivity index (χ3v) is 5.26. The molecule has 0 spiro atoms. The average molecular weight is 434 g/mol. The van der Waals surface area contributed by atoms with E-state index in [1.165, 1.54) is 0 Å². The van der Waals surface area contributed by atoms with Crippen molar-refractivity contribution in [3.8, 4) is 22.8 Å². The van der Waals surface area contributed by atoms with E-state index in [1.807, 2.05) is 90.6 Å². The minimum atomic E-state index is 0.483. The van der Waals surface area contributed by atoms with Crippen LogP contribution in [0.3, 0.4) is 0 Å². The van der Waals surface area contributed by atoms with Gasteiger partial charge in [0.2, 0.25) is 5.95 Å². The van der Waals surface area contributed by atoms with Crippen LogP contribution in [0.15, 0.2) is 79.0 Å². The second kappa shape index (κ2) is 9.58. The number of imidazole rings is 1. The molecular weight excluding hydrogens is 410 g/mol. The Bertz CT molecular complexity index is 1160. The summed E-state index contributed by atoms with van der Waals surface area (Å²) in [5, 5.41) is 4.10. The van der Waals surface area contributed by atoms with Crippen LogP contribution in [0.4, 0.5) is 5.95 Å². The Kier molecular flexibility index (Phi) is 6.43. The molecular formula is C25H24ClN3O2. The lowest BCUT2D eigenvalue weighted by molar-refractivity contribution is 0.284. The molecule has 31 heavy (non-hydrogen) atoms.